The molecule has 1 aromatic carbocycles. The third-order valence-corrected chi connectivity index (χ3v) is 7.11. The number of likely N-dealkylation sites (N-methyl/N-ethyl adjacent to an activating group) is 1. The number of likely N-dealkylation sites (tertiary alicyclic amines) is 1. The Morgan fingerprint density at radius 2 is 1.86 bits per heavy atom. The summed E-state index contributed by atoms with van der Waals surface area (Å²) in [5.74, 6) is 1.45. The van der Waals surface area contributed by atoms with E-state index in [9.17, 15) is 9.90 Å². The Kier molecular flexibility index (Phi) is 5.05. The minimum atomic E-state index is -0.285. The maximum Gasteiger partial charge on any atom is 0.231 e. The van der Waals surface area contributed by atoms with Crippen molar-refractivity contribution in [3.8, 4) is 0 Å². The van der Waals surface area contributed by atoms with Gasteiger partial charge in [-0.2, -0.15) is 0 Å². The maximum atomic E-state index is 12.9. The molecule has 1 N–H and O–H groups in total. The molecule has 29 heavy (non-hydrogen) atoms. The van der Waals surface area contributed by atoms with Crippen LogP contribution in [-0.4, -0.2) is 89.2 Å². The van der Waals surface area contributed by atoms with Crippen LogP contribution in [0.1, 0.15) is 18.7 Å². The SMILES string of the molecule is CN1CCN([C@@H]2C[C@@H]3CN(C(=O)Cc4nc5ccccc5o4)C[C@@H]3C[C@H]2O)CC1. The highest BCUT2D eigenvalue weighted by Crippen LogP contribution is 2.38. The molecular weight excluding hydrogens is 368 g/mol. The zero-order valence-electron chi connectivity index (χ0n) is 17.0. The Morgan fingerprint density at radius 3 is 2.62 bits per heavy atom. The summed E-state index contributed by atoms with van der Waals surface area (Å²) in [5, 5.41) is 10.8. The van der Waals surface area contributed by atoms with Gasteiger partial charge in [-0.1, -0.05) is 12.1 Å². The highest BCUT2D eigenvalue weighted by molar-refractivity contribution is 5.79. The van der Waals surface area contributed by atoms with E-state index in [-0.39, 0.29) is 24.5 Å². The lowest BCUT2D eigenvalue weighted by Gasteiger charge is -2.44. The lowest BCUT2D eigenvalue weighted by atomic mass is 9.77. The number of carbonyl (C=O) groups is 1. The van der Waals surface area contributed by atoms with Gasteiger partial charge in [0.25, 0.3) is 0 Å². The Balaban J connectivity index is 1.21. The molecule has 0 bridgehead atoms. The van der Waals surface area contributed by atoms with Gasteiger partial charge in [-0.05, 0) is 43.9 Å². The van der Waals surface area contributed by atoms with Crippen molar-refractivity contribution in [2.45, 2.75) is 31.4 Å². The minimum Gasteiger partial charge on any atom is -0.440 e. The maximum absolute atomic E-state index is 12.9. The fourth-order valence-electron chi connectivity index (χ4n) is 5.39. The van der Waals surface area contributed by atoms with Crippen molar-refractivity contribution >= 4 is 17.0 Å². The van der Waals surface area contributed by atoms with Crippen LogP contribution in [0, 0.1) is 11.8 Å². The zero-order valence-corrected chi connectivity index (χ0v) is 17.0. The first-order valence-corrected chi connectivity index (χ1v) is 10.8. The molecule has 7 heteroatoms. The van der Waals surface area contributed by atoms with Gasteiger partial charge in [0.1, 0.15) is 11.9 Å². The molecule has 0 spiro atoms. The summed E-state index contributed by atoms with van der Waals surface area (Å²) in [6, 6.07) is 7.84. The second kappa shape index (κ2) is 7.70. The second-order valence-corrected chi connectivity index (χ2v) is 9.02. The highest BCUT2D eigenvalue weighted by Gasteiger charge is 2.44. The number of aliphatic hydroxyl groups is 1. The molecule has 7 nitrogen and oxygen atoms in total. The number of fused-ring (bicyclic) bond motifs is 2. The zero-order chi connectivity index (χ0) is 20.0. The molecule has 2 aliphatic heterocycles. The molecule has 5 rings (SSSR count). The largest absolute Gasteiger partial charge is 0.440 e. The number of benzene rings is 1. The second-order valence-electron chi connectivity index (χ2n) is 9.02. The van der Waals surface area contributed by atoms with Crippen LogP contribution in [0.15, 0.2) is 28.7 Å². The molecule has 3 fully saturated rings. The number of hydrogen-bond acceptors (Lipinski definition) is 6. The van der Waals surface area contributed by atoms with E-state index in [1.165, 1.54) is 0 Å². The molecule has 3 aliphatic rings. The average molecular weight is 399 g/mol. The number of piperazine rings is 1. The van der Waals surface area contributed by atoms with E-state index in [1.807, 2.05) is 29.2 Å². The van der Waals surface area contributed by atoms with Crippen molar-refractivity contribution in [3.63, 3.8) is 0 Å². The van der Waals surface area contributed by atoms with Gasteiger partial charge < -0.3 is 19.3 Å². The molecule has 3 heterocycles. The Bertz CT molecular complexity index is 843. The van der Waals surface area contributed by atoms with Crippen LogP contribution >= 0.6 is 0 Å². The predicted molar refractivity (Wildman–Crippen MR) is 109 cm³/mol. The standard InChI is InChI=1S/C22H30N4O3/c1-24-6-8-25(9-7-24)18-10-15-13-26(14-16(15)11-19(18)27)22(28)12-21-23-17-4-2-3-5-20(17)29-21/h2-5,15-16,18-19,27H,6-14H2,1H3/t15-,16+,18-,19-/m1/s1. The molecule has 0 radical (unpaired) electrons. The molecule has 1 aromatic heterocycles. The number of carbonyl (C=O) groups excluding carboxylic acids is 1. The predicted octanol–water partition coefficient (Wildman–Crippen LogP) is 1.22. The molecule has 1 aliphatic carbocycles. The number of oxazole rings is 1. The molecule has 2 aromatic rings. The molecule has 2 saturated heterocycles. The molecule has 0 unspecified atom stereocenters. The van der Waals surface area contributed by atoms with Gasteiger partial charge in [-0.3, -0.25) is 9.69 Å². The van der Waals surface area contributed by atoms with Gasteiger partial charge >= 0.3 is 0 Å². The Labute approximate surface area is 171 Å². The number of para-hydroxylation sites is 2. The van der Waals surface area contributed by atoms with E-state index in [0.717, 1.165) is 63.2 Å². The van der Waals surface area contributed by atoms with E-state index in [1.54, 1.807) is 0 Å². The van der Waals surface area contributed by atoms with Crippen molar-refractivity contribution in [2.75, 3.05) is 46.3 Å². The molecule has 4 atom stereocenters. The third-order valence-electron chi connectivity index (χ3n) is 7.11. The summed E-state index contributed by atoms with van der Waals surface area (Å²) in [6.07, 6.45) is 1.71. The van der Waals surface area contributed by atoms with Crippen LogP contribution in [0.2, 0.25) is 0 Å². The highest BCUT2D eigenvalue weighted by atomic mass is 16.3. The van der Waals surface area contributed by atoms with Crippen molar-refractivity contribution in [1.82, 2.24) is 19.7 Å². The van der Waals surface area contributed by atoms with E-state index < -0.39 is 0 Å². The Morgan fingerprint density at radius 1 is 1.14 bits per heavy atom. The van der Waals surface area contributed by atoms with E-state index in [0.29, 0.717) is 17.7 Å². The van der Waals surface area contributed by atoms with Gasteiger partial charge in [0.15, 0.2) is 5.58 Å². The third kappa shape index (κ3) is 3.79. The first-order chi connectivity index (χ1) is 14.1. The van der Waals surface area contributed by atoms with Crippen molar-refractivity contribution in [2.24, 2.45) is 11.8 Å². The summed E-state index contributed by atoms with van der Waals surface area (Å²) in [4.78, 5) is 24.1. The van der Waals surface area contributed by atoms with Crippen LogP contribution in [0.5, 0.6) is 0 Å². The van der Waals surface area contributed by atoms with Crippen LogP contribution in [0.25, 0.3) is 11.1 Å². The van der Waals surface area contributed by atoms with Gasteiger partial charge in [0.05, 0.1) is 6.10 Å². The normalized spacial score (nSPS) is 31.3. The smallest absolute Gasteiger partial charge is 0.231 e. The summed E-state index contributed by atoms with van der Waals surface area (Å²) in [7, 11) is 2.15. The monoisotopic (exact) mass is 398 g/mol. The number of amides is 1. The minimum absolute atomic E-state index is 0.0802. The summed E-state index contributed by atoms with van der Waals surface area (Å²) in [6.45, 7) is 5.71. The van der Waals surface area contributed by atoms with Crippen molar-refractivity contribution < 1.29 is 14.3 Å². The number of aliphatic hydroxyl groups excluding tert-OH is 1. The van der Waals surface area contributed by atoms with E-state index in [4.69, 9.17) is 4.42 Å². The molecular formula is C22H30N4O3. The van der Waals surface area contributed by atoms with Gasteiger partial charge in [0, 0.05) is 45.3 Å². The lowest BCUT2D eigenvalue weighted by molar-refractivity contribution is -0.130. The van der Waals surface area contributed by atoms with Gasteiger partial charge in [-0.25, -0.2) is 4.98 Å². The molecule has 1 amide bonds. The molecule has 156 valence electrons. The fourth-order valence-corrected chi connectivity index (χ4v) is 5.39. The fraction of sp³-hybridized carbons (Fsp3) is 0.636. The molecule has 1 saturated carbocycles. The first kappa shape index (κ1) is 19.0. The van der Waals surface area contributed by atoms with Gasteiger partial charge in [-0.15, -0.1) is 0 Å². The number of aromatic nitrogens is 1. The van der Waals surface area contributed by atoms with E-state index >= 15 is 0 Å². The lowest BCUT2D eigenvalue weighted by Crippen LogP contribution is -2.55. The van der Waals surface area contributed by atoms with Crippen LogP contribution in [0.3, 0.4) is 0 Å². The number of nitrogens with zero attached hydrogens (tertiary/aromatic N) is 4. The number of rotatable bonds is 3. The van der Waals surface area contributed by atoms with Crippen molar-refractivity contribution in [1.29, 1.82) is 0 Å². The van der Waals surface area contributed by atoms with Crippen LogP contribution < -0.4 is 0 Å². The summed E-state index contributed by atoms with van der Waals surface area (Å²) < 4.78 is 5.73. The quantitative estimate of drug-likeness (QED) is 0.838. The summed E-state index contributed by atoms with van der Waals surface area (Å²) in [5.41, 5.74) is 1.52. The number of hydrogen-bond donors (Lipinski definition) is 1. The average Bonchev–Trinajstić information content (AvgIpc) is 3.31. The van der Waals surface area contributed by atoms with Crippen LogP contribution in [-0.2, 0) is 11.2 Å². The van der Waals surface area contributed by atoms with Crippen molar-refractivity contribution in [3.05, 3.63) is 30.2 Å². The first-order valence-electron chi connectivity index (χ1n) is 10.8. The van der Waals surface area contributed by atoms with Gasteiger partial charge in [0.2, 0.25) is 11.8 Å². The topological polar surface area (TPSA) is 73.0 Å². The van der Waals surface area contributed by atoms with Crippen LogP contribution in [0.4, 0.5) is 0 Å². The summed E-state index contributed by atoms with van der Waals surface area (Å²) >= 11 is 0. The van der Waals surface area contributed by atoms with E-state index in [2.05, 4.69) is 21.8 Å². The Hall–Kier alpha value is -1.96.